The van der Waals surface area contributed by atoms with Gasteiger partial charge in [0.2, 0.25) is 0 Å². The number of hydrazine groups is 1. The summed E-state index contributed by atoms with van der Waals surface area (Å²) in [5, 5.41) is 0. The quantitative estimate of drug-likeness (QED) is 0.416. The molecule has 0 aromatic rings. The maximum Gasteiger partial charge on any atom is 0.0134 e. The zero-order chi connectivity index (χ0) is 5.82. The number of thioether (sulfide) groups is 1. The first-order valence-corrected chi connectivity index (χ1v) is 4.10. The van der Waals surface area contributed by atoms with Gasteiger partial charge < -0.3 is 0 Å². The fourth-order valence-corrected chi connectivity index (χ4v) is 2.20. The first kappa shape index (κ1) is 6.39. The van der Waals surface area contributed by atoms with Gasteiger partial charge in [0.15, 0.2) is 0 Å². The van der Waals surface area contributed by atoms with E-state index < -0.39 is 0 Å². The fraction of sp³-hybridized carbons (Fsp3) is 1.00. The molecule has 2 nitrogen and oxygen atoms in total. The summed E-state index contributed by atoms with van der Waals surface area (Å²) in [6.07, 6.45) is 1.34. The summed E-state index contributed by atoms with van der Waals surface area (Å²) in [4.78, 5) is 0. The molecule has 1 fully saturated rings. The Morgan fingerprint density at radius 2 is 2.62 bits per heavy atom. The maximum absolute atomic E-state index is 5.15. The first-order chi connectivity index (χ1) is 3.93. The van der Waals surface area contributed by atoms with E-state index in [1.807, 2.05) is 11.8 Å². The van der Waals surface area contributed by atoms with Crippen LogP contribution < -0.4 is 11.3 Å². The Morgan fingerprint density at radius 3 is 3.12 bits per heavy atom. The summed E-state index contributed by atoms with van der Waals surface area (Å²) < 4.78 is 0. The second-order valence-corrected chi connectivity index (χ2v) is 3.29. The Kier molecular flexibility index (Phi) is 2.66. The second kappa shape index (κ2) is 3.33. The Bertz CT molecular complexity index is 61.4. The van der Waals surface area contributed by atoms with Gasteiger partial charge in [0, 0.05) is 6.54 Å². The van der Waals surface area contributed by atoms with Crippen molar-refractivity contribution in [2.75, 3.05) is 18.1 Å². The Hall–Kier alpha value is 0.270. The molecule has 0 amide bonds. The zero-order valence-electron chi connectivity index (χ0n) is 4.89. The first-order valence-electron chi connectivity index (χ1n) is 2.94. The fourth-order valence-electron chi connectivity index (χ4n) is 0.911. The molecule has 1 aliphatic rings. The molecule has 8 heavy (non-hydrogen) atoms. The van der Waals surface area contributed by atoms with Crippen LogP contribution in [0.1, 0.15) is 6.42 Å². The highest BCUT2D eigenvalue weighted by atomic mass is 32.2. The van der Waals surface area contributed by atoms with E-state index in [0.717, 1.165) is 12.5 Å². The van der Waals surface area contributed by atoms with E-state index in [9.17, 15) is 0 Å². The van der Waals surface area contributed by atoms with Gasteiger partial charge in [0.1, 0.15) is 0 Å². The second-order valence-electron chi connectivity index (χ2n) is 2.14. The normalized spacial score (nSPS) is 28.9. The molecular formula is C5H12N2S. The van der Waals surface area contributed by atoms with Gasteiger partial charge in [-0.3, -0.25) is 11.3 Å². The van der Waals surface area contributed by atoms with Crippen molar-refractivity contribution in [3.8, 4) is 0 Å². The minimum absolute atomic E-state index is 0.838. The van der Waals surface area contributed by atoms with Crippen molar-refractivity contribution < 1.29 is 0 Å². The van der Waals surface area contributed by atoms with Crippen LogP contribution in [0.15, 0.2) is 0 Å². The highest BCUT2D eigenvalue weighted by Gasteiger charge is 2.13. The molecule has 0 aromatic carbocycles. The molecule has 1 atom stereocenters. The molecule has 1 rings (SSSR count). The van der Waals surface area contributed by atoms with E-state index in [2.05, 4.69) is 5.43 Å². The molecule has 1 heterocycles. The van der Waals surface area contributed by atoms with Crippen molar-refractivity contribution in [3.63, 3.8) is 0 Å². The van der Waals surface area contributed by atoms with Crippen LogP contribution in [-0.4, -0.2) is 18.1 Å². The molecule has 1 aliphatic heterocycles. The van der Waals surface area contributed by atoms with Gasteiger partial charge in [-0.2, -0.15) is 11.8 Å². The lowest BCUT2D eigenvalue weighted by Crippen LogP contribution is -2.28. The Balaban J connectivity index is 2.06. The lowest BCUT2D eigenvalue weighted by atomic mass is 10.1. The van der Waals surface area contributed by atoms with Gasteiger partial charge in [0.05, 0.1) is 0 Å². The van der Waals surface area contributed by atoms with Crippen molar-refractivity contribution >= 4 is 11.8 Å². The molecular weight excluding hydrogens is 120 g/mol. The highest BCUT2D eigenvalue weighted by Crippen LogP contribution is 2.21. The van der Waals surface area contributed by atoms with Crippen LogP contribution in [0.25, 0.3) is 0 Å². The standard InChI is InChI=1S/C5H12N2S/c6-7-3-5-1-2-8-4-5/h5,7H,1-4,6H2. The summed E-state index contributed by atoms with van der Waals surface area (Å²) >= 11 is 2.03. The topological polar surface area (TPSA) is 38.0 Å². The molecule has 0 saturated carbocycles. The lowest BCUT2D eigenvalue weighted by Gasteiger charge is -2.03. The Morgan fingerprint density at radius 1 is 1.75 bits per heavy atom. The monoisotopic (exact) mass is 132 g/mol. The summed E-state index contributed by atoms with van der Waals surface area (Å²) in [5.41, 5.74) is 2.70. The van der Waals surface area contributed by atoms with Crippen molar-refractivity contribution in [1.82, 2.24) is 5.43 Å². The van der Waals surface area contributed by atoms with Crippen LogP contribution in [0.4, 0.5) is 0 Å². The largest absolute Gasteiger partial charge is 0.271 e. The minimum Gasteiger partial charge on any atom is -0.271 e. The van der Waals surface area contributed by atoms with Crippen molar-refractivity contribution in [1.29, 1.82) is 0 Å². The predicted octanol–water partition coefficient (Wildman–Crippen LogP) is 0.203. The van der Waals surface area contributed by atoms with Gasteiger partial charge in [-0.15, -0.1) is 0 Å². The van der Waals surface area contributed by atoms with Crippen LogP contribution in [0.3, 0.4) is 0 Å². The van der Waals surface area contributed by atoms with Gasteiger partial charge >= 0.3 is 0 Å². The SMILES string of the molecule is NNCC1CCSC1. The van der Waals surface area contributed by atoms with Crippen LogP contribution in [-0.2, 0) is 0 Å². The molecule has 3 N–H and O–H groups in total. The van der Waals surface area contributed by atoms with Gasteiger partial charge in [-0.05, 0) is 23.8 Å². The van der Waals surface area contributed by atoms with E-state index in [1.165, 1.54) is 17.9 Å². The average Bonchev–Trinajstić information content (AvgIpc) is 2.19. The molecule has 0 bridgehead atoms. The predicted molar refractivity (Wildman–Crippen MR) is 37.6 cm³/mol. The van der Waals surface area contributed by atoms with E-state index in [-0.39, 0.29) is 0 Å². The number of hydrogen-bond acceptors (Lipinski definition) is 3. The van der Waals surface area contributed by atoms with E-state index >= 15 is 0 Å². The maximum atomic E-state index is 5.15. The molecule has 3 heteroatoms. The van der Waals surface area contributed by atoms with Crippen molar-refractivity contribution in [2.24, 2.45) is 11.8 Å². The highest BCUT2D eigenvalue weighted by molar-refractivity contribution is 7.99. The van der Waals surface area contributed by atoms with Crippen LogP contribution in [0.2, 0.25) is 0 Å². The smallest absolute Gasteiger partial charge is 0.0134 e. The third-order valence-electron chi connectivity index (χ3n) is 1.43. The van der Waals surface area contributed by atoms with Gasteiger partial charge in [0.25, 0.3) is 0 Å². The minimum atomic E-state index is 0.838. The molecule has 0 aliphatic carbocycles. The number of rotatable bonds is 2. The summed E-state index contributed by atoms with van der Waals surface area (Å²) in [7, 11) is 0. The van der Waals surface area contributed by atoms with E-state index in [0.29, 0.717) is 0 Å². The van der Waals surface area contributed by atoms with Crippen molar-refractivity contribution in [2.45, 2.75) is 6.42 Å². The molecule has 0 spiro atoms. The number of nitrogens with two attached hydrogens (primary N) is 1. The van der Waals surface area contributed by atoms with Crippen LogP contribution in [0.5, 0.6) is 0 Å². The van der Waals surface area contributed by atoms with Crippen LogP contribution >= 0.6 is 11.8 Å². The van der Waals surface area contributed by atoms with Gasteiger partial charge in [-0.25, -0.2) is 0 Å². The number of nitrogens with one attached hydrogen (secondary N) is 1. The van der Waals surface area contributed by atoms with E-state index in [1.54, 1.807) is 0 Å². The molecule has 1 saturated heterocycles. The number of hydrogen-bond donors (Lipinski definition) is 2. The third-order valence-corrected chi connectivity index (χ3v) is 2.66. The van der Waals surface area contributed by atoms with Crippen LogP contribution in [0, 0.1) is 5.92 Å². The van der Waals surface area contributed by atoms with Gasteiger partial charge in [-0.1, -0.05) is 0 Å². The lowest BCUT2D eigenvalue weighted by molar-refractivity contribution is 0.536. The average molecular weight is 132 g/mol. The summed E-state index contributed by atoms with van der Waals surface area (Å²) in [6, 6.07) is 0. The van der Waals surface area contributed by atoms with E-state index in [4.69, 9.17) is 5.84 Å². The molecule has 1 unspecified atom stereocenters. The third kappa shape index (κ3) is 1.65. The summed E-state index contributed by atoms with van der Waals surface area (Å²) in [6.45, 7) is 0.993. The Labute approximate surface area is 54.2 Å². The van der Waals surface area contributed by atoms with Crippen molar-refractivity contribution in [3.05, 3.63) is 0 Å². The molecule has 0 aromatic heterocycles. The molecule has 48 valence electrons. The zero-order valence-corrected chi connectivity index (χ0v) is 5.71. The summed E-state index contributed by atoms with van der Waals surface area (Å²) in [5.74, 6) is 8.61. The molecule has 0 radical (unpaired) electrons.